The Balaban J connectivity index is 1.61. The molecular weight excluding hydrogens is 527 g/mol. The molecule has 10 heteroatoms. The van der Waals surface area contributed by atoms with Gasteiger partial charge in [0.1, 0.15) is 5.75 Å². The molecule has 204 valence electrons. The van der Waals surface area contributed by atoms with Crippen molar-refractivity contribution >= 4 is 11.6 Å². The molecule has 0 saturated heterocycles. The summed E-state index contributed by atoms with van der Waals surface area (Å²) in [5, 5.41) is 13.4. The molecule has 5 rings (SSSR count). The summed E-state index contributed by atoms with van der Waals surface area (Å²) in [6.45, 7) is 0.896. The molecule has 3 aromatic carbocycles. The third-order valence-electron chi connectivity index (χ3n) is 7.23. The van der Waals surface area contributed by atoms with E-state index in [0.29, 0.717) is 29.5 Å². The van der Waals surface area contributed by atoms with Crippen molar-refractivity contribution in [1.29, 1.82) is 0 Å². The second-order valence-electron chi connectivity index (χ2n) is 9.79. The minimum Gasteiger partial charge on any atom is -0.497 e. The molecule has 6 nitrogen and oxygen atoms in total. The fourth-order valence-electron chi connectivity index (χ4n) is 5.22. The van der Waals surface area contributed by atoms with E-state index in [9.17, 15) is 13.2 Å². The highest BCUT2D eigenvalue weighted by Gasteiger charge is 2.34. The molecular formula is C29H29ClF3N5O. The average Bonchev–Trinajstić information content (AvgIpc) is 3.63. The molecule has 0 amide bonds. The largest absolute Gasteiger partial charge is 0.497 e. The molecule has 1 aromatic heterocycles. The van der Waals surface area contributed by atoms with Crippen LogP contribution in [0.3, 0.4) is 0 Å². The maximum Gasteiger partial charge on any atom is 0.416 e. The molecule has 0 N–H and O–H groups in total. The van der Waals surface area contributed by atoms with Crippen molar-refractivity contribution in [3.63, 3.8) is 0 Å². The summed E-state index contributed by atoms with van der Waals surface area (Å²) >= 11 is 6.58. The van der Waals surface area contributed by atoms with Gasteiger partial charge in [-0.25, -0.2) is 4.68 Å². The molecule has 1 fully saturated rings. The van der Waals surface area contributed by atoms with Crippen LogP contribution < -0.4 is 4.74 Å². The number of alkyl halides is 3. The first-order valence-electron chi connectivity index (χ1n) is 12.9. The van der Waals surface area contributed by atoms with E-state index in [2.05, 4.69) is 20.4 Å². The number of methoxy groups -OCH3 is 1. The van der Waals surface area contributed by atoms with Crippen molar-refractivity contribution < 1.29 is 17.9 Å². The van der Waals surface area contributed by atoms with Crippen LogP contribution in [0.1, 0.15) is 65.8 Å². The number of hydrogen-bond acceptors (Lipinski definition) is 5. The minimum atomic E-state index is -4.43. The highest BCUT2D eigenvalue weighted by atomic mass is 35.5. The van der Waals surface area contributed by atoms with Crippen LogP contribution >= 0.6 is 11.6 Å². The van der Waals surface area contributed by atoms with Gasteiger partial charge < -0.3 is 4.74 Å². The number of ether oxygens (including phenoxy) is 1. The standard InChI is InChI=1S/C29H29ClF3N5O/c1-39-25-16-10-20(11-17-25)18-37(19-22-6-2-5-9-26(22)30)27(21-12-14-23(15-13-21)29(31,32)33)28-34-35-36-38(28)24-7-3-4-8-24/h2,5-6,9-17,24,27H,3-4,7-8,18-19H2,1H3/t27-/m0/s1. The van der Waals surface area contributed by atoms with Crippen molar-refractivity contribution in [3.8, 4) is 5.75 Å². The predicted molar refractivity (Wildman–Crippen MR) is 142 cm³/mol. The van der Waals surface area contributed by atoms with Gasteiger partial charge in [-0.2, -0.15) is 13.2 Å². The zero-order chi connectivity index (χ0) is 27.4. The minimum absolute atomic E-state index is 0.148. The fraction of sp³-hybridized carbons (Fsp3) is 0.345. The molecule has 0 aliphatic heterocycles. The van der Waals surface area contributed by atoms with Crippen LogP contribution in [-0.4, -0.2) is 32.2 Å². The third kappa shape index (κ3) is 6.25. The van der Waals surface area contributed by atoms with E-state index in [1.54, 1.807) is 7.11 Å². The van der Waals surface area contributed by atoms with Crippen LogP contribution in [-0.2, 0) is 19.3 Å². The van der Waals surface area contributed by atoms with Crippen molar-refractivity contribution in [3.05, 3.63) is 106 Å². The molecule has 0 bridgehead atoms. The average molecular weight is 556 g/mol. The molecule has 4 aromatic rings. The van der Waals surface area contributed by atoms with Gasteiger partial charge in [-0.1, -0.05) is 66.9 Å². The molecule has 39 heavy (non-hydrogen) atoms. The van der Waals surface area contributed by atoms with Crippen molar-refractivity contribution in [2.75, 3.05) is 7.11 Å². The van der Waals surface area contributed by atoms with Crippen LogP contribution in [0, 0.1) is 0 Å². The maximum atomic E-state index is 13.4. The van der Waals surface area contributed by atoms with E-state index in [1.165, 1.54) is 12.1 Å². The summed E-state index contributed by atoms with van der Waals surface area (Å²) in [6.07, 6.45) is -0.338. The molecule has 1 aliphatic carbocycles. The number of nitrogens with zero attached hydrogens (tertiary/aromatic N) is 5. The van der Waals surface area contributed by atoms with Gasteiger partial charge in [0, 0.05) is 18.1 Å². The maximum absolute atomic E-state index is 13.4. The zero-order valence-corrected chi connectivity index (χ0v) is 22.2. The van der Waals surface area contributed by atoms with Crippen molar-refractivity contribution in [1.82, 2.24) is 25.1 Å². The van der Waals surface area contributed by atoms with Gasteiger partial charge in [-0.15, -0.1) is 5.10 Å². The number of halogens is 4. The first-order valence-corrected chi connectivity index (χ1v) is 13.3. The van der Waals surface area contributed by atoms with Gasteiger partial charge in [0.25, 0.3) is 0 Å². The summed E-state index contributed by atoms with van der Waals surface area (Å²) in [4.78, 5) is 2.16. The van der Waals surface area contributed by atoms with Crippen LogP contribution in [0.4, 0.5) is 13.2 Å². The zero-order valence-electron chi connectivity index (χ0n) is 21.5. The first kappa shape index (κ1) is 27.1. The molecule has 1 heterocycles. The lowest BCUT2D eigenvalue weighted by atomic mass is 10.00. The van der Waals surface area contributed by atoms with Crippen molar-refractivity contribution in [2.45, 2.75) is 57.0 Å². The Hall–Kier alpha value is -3.43. The normalized spacial score (nSPS) is 15.1. The second kappa shape index (κ2) is 11.8. The van der Waals surface area contributed by atoms with E-state index in [1.807, 2.05) is 53.2 Å². The Morgan fingerprint density at radius 1 is 0.974 bits per heavy atom. The lowest BCUT2D eigenvalue weighted by molar-refractivity contribution is -0.137. The molecule has 1 aliphatic rings. The summed E-state index contributed by atoms with van der Waals surface area (Å²) < 4.78 is 47.5. The summed E-state index contributed by atoms with van der Waals surface area (Å²) in [7, 11) is 1.61. The van der Waals surface area contributed by atoms with Gasteiger partial charge in [0.05, 0.1) is 24.8 Å². The predicted octanol–water partition coefficient (Wildman–Crippen LogP) is 7.26. The lowest BCUT2D eigenvalue weighted by Crippen LogP contribution is -2.32. The smallest absolute Gasteiger partial charge is 0.416 e. The van der Waals surface area contributed by atoms with Crippen molar-refractivity contribution in [2.24, 2.45) is 0 Å². The highest BCUT2D eigenvalue weighted by Crippen LogP contribution is 2.37. The van der Waals surface area contributed by atoms with Gasteiger partial charge in [-0.3, -0.25) is 4.90 Å². The number of benzene rings is 3. The van der Waals surface area contributed by atoms with Gasteiger partial charge in [0.15, 0.2) is 5.82 Å². The summed E-state index contributed by atoms with van der Waals surface area (Å²) in [5.74, 6) is 1.34. The third-order valence-corrected chi connectivity index (χ3v) is 7.60. The Morgan fingerprint density at radius 3 is 2.31 bits per heavy atom. The Bertz CT molecular complexity index is 1370. The Kier molecular flexibility index (Phi) is 8.18. The number of hydrogen-bond donors (Lipinski definition) is 0. The van der Waals surface area contributed by atoms with Gasteiger partial charge >= 0.3 is 6.18 Å². The van der Waals surface area contributed by atoms with E-state index >= 15 is 0 Å². The van der Waals surface area contributed by atoms with Crippen LogP contribution in [0.25, 0.3) is 0 Å². The van der Waals surface area contributed by atoms with E-state index in [-0.39, 0.29) is 6.04 Å². The summed E-state index contributed by atoms with van der Waals surface area (Å²) in [6, 6.07) is 20.2. The monoisotopic (exact) mass is 555 g/mol. The van der Waals surface area contributed by atoms with Crippen LogP contribution in [0.15, 0.2) is 72.8 Å². The van der Waals surface area contributed by atoms with Gasteiger partial charge in [-0.05, 0) is 70.3 Å². The summed E-state index contributed by atoms with van der Waals surface area (Å²) in [5.41, 5.74) is 1.86. The Labute approximate surface area is 230 Å². The van der Waals surface area contributed by atoms with Crippen LogP contribution in [0.5, 0.6) is 5.75 Å². The lowest BCUT2D eigenvalue weighted by Gasteiger charge is -2.32. The second-order valence-corrected chi connectivity index (χ2v) is 10.2. The van der Waals surface area contributed by atoms with Gasteiger partial charge in [0.2, 0.25) is 0 Å². The molecule has 0 unspecified atom stereocenters. The van der Waals surface area contributed by atoms with E-state index < -0.39 is 17.8 Å². The fourth-order valence-corrected chi connectivity index (χ4v) is 5.41. The number of aromatic nitrogens is 4. The molecule has 1 saturated carbocycles. The van der Waals surface area contributed by atoms with Crippen LogP contribution in [0.2, 0.25) is 5.02 Å². The quantitative estimate of drug-likeness (QED) is 0.217. The SMILES string of the molecule is COc1ccc(CN(Cc2ccccc2Cl)[C@@H](c2ccc(C(F)(F)F)cc2)c2nnnn2C2CCCC2)cc1. The molecule has 0 radical (unpaired) electrons. The molecule has 1 atom stereocenters. The topological polar surface area (TPSA) is 56.1 Å². The van der Waals surface area contributed by atoms with E-state index in [4.69, 9.17) is 16.3 Å². The highest BCUT2D eigenvalue weighted by molar-refractivity contribution is 6.31. The first-order chi connectivity index (χ1) is 18.8. The van der Waals surface area contributed by atoms with E-state index in [0.717, 1.165) is 54.7 Å². The number of tetrazole rings is 1. The molecule has 0 spiro atoms. The Morgan fingerprint density at radius 2 is 1.67 bits per heavy atom. The number of rotatable bonds is 9.